The van der Waals surface area contributed by atoms with E-state index >= 15 is 0 Å². The standard InChI is InChI=1S/C20H25N3O2S/c1-20(2,3)16-6-10-18(11-7-16)25-13-12-24-17-8-4-15(5-9-17)14-22-23-19(21)26/h4-11,14H,12-13H2,1-3H3,(H3,21,23,26). The number of hydrazone groups is 1. The molecular weight excluding hydrogens is 346 g/mol. The van der Waals surface area contributed by atoms with E-state index in [-0.39, 0.29) is 10.5 Å². The maximum absolute atomic E-state index is 5.72. The molecule has 26 heavy (non-hydrogen) atoms. The van der Waals surface area contributed by atoms with Crippen LogP contribution < -0.4 is 20.6 Å². The van der Waals surface area contributed by atoms with Crippen molar-refractivity contribution in [1.29, 1.82) is 0 Å². The topological polar surface area (TPSA) is 68.9 Å². The van der Waals surface area contributed by atoms with Gasteiger partial charge in [-0.15, -0.1) is 0 Å². The molecular formula is C20H25N3O2S. The summed E-state index contributed by atoms with van der Waals surface area (Å²) in [6.45, 7) is 7.53. The summed E-state index contributed by atoms with van der Waals surface area (Å²) >= 11 is 4.67. The fraction of sp³-hybridized carbons (Fsp3) is 0.300. The number of nitrogens with one attached hydrogen (secondary N) is 1. The number of rotatable bonds is 7. The molecule has 0 aliphatic carbocycles. The van der Waals surface area contributed by atoms with Crippen molar-refractivity contribution in [3.8, 4) is 11.5 Å². The highest BCUT2D eigenvalue weighted by molar-refractivity contribution is 7.80. The van der Waals surface area contributed by atoms with Crippen LogP contribution in [-0.4, -0.2) is 24.5 Å². The number of hydrogen-bond donors (Lipinski definition) is 2. The maximum Gasteiger partial charge on any atom is 0.184 e. The van der Waals surface area contributed by atoms with Crippen LogP contribution in [-0.2, 0) is 5.41 Å². The van der Waals surface area contributed by atoms with Crippen LogP contribution in [0, 0.1) is 0 Å². The first-order valence-electron chi connectivity index (χ1n) is 8.39. The highest BCUT2D eigenvalue weighted by Gasteiger charge is 2.12. The minimum absolute atomic E-state index is 0.134. The zero-order chi connectivity index (χ0) is 19.0. The molecule has 138 valence electrons. The van der Waals surface area contributed by atoms with E-state index in [2.05, 4.69) is 55.6 Å². The number of thiocarbonyl (C=S) groups is 1. The molecule has 0 radical (unpaired) electrons. The van der Waals surface area contributed by atoms with Gasteiger partial charge in [-0.2, -0.15) is 5.10 Å². The van der Waals surface area contributed by atoms with Crippen molar-refractivity contribution in [2.24, 2.45) is 10.8 Å². The highest BCUT2D eigenvalue weighted by Crippen LogP contribution is 2.24. The molecule has 6 heteroatoms. The van der Waals surface area contributed by atoms with E-state index < -0.39 is 0 Å². The molecule has 3 N–H and O–H groups in total. The lowest BCUT2D eigenvalue weighted by Crippen LogP contribution is -2.23. The molecule has 0 amide bonds. The predicted octanol–water partition coefficient (Wildman–Crippen LogP) is 3.61. The van der Waals surface area contributed by atoms with Gasteiger partial charge < -0.3 is 15.2 Å². The molecule has 2 aromatic carbocycles. The molecule has 0 saturated heterocycles. The van der Waals surface area contributed by atoms with Gasteiger partial charge in [0.2, 0.25) is 0 Å². The van der Waals surface area contributed by atoms with Gasteiger partial charge in [0, 0.05) is 0 Å². The van der Waals surface area contributed by atoms with E-state index in [4.69, 9.17) is 15.2 Å². The molecule has 0 aliphatic rings. The maximum atomic E-state index is 5.72. The molecule has 0 spiro atoms. The smallest absolute Gasteiger partial charge is 0.184 e. The second-order valence-electron chi connectivity index (χ2n) is 6.77. The highest BCUT2D eigenvalue weighted by atomic mass is 32.1. The van der Waals surface area contributed by atoms with E-state index in [1.807, 2.05) is 36.4 Å². The number of benzene rings is 2. The van der Waals surface area contributed by atoms with E-state index in [0.717, 1.165) is 17.1 Å². The largest absolute Gasteiger partial charge is 0.490 e. The molecule has 0 aliphatic heterocycles. The molecule has 0 atom stereocenters. The Morgan fingerprint density at radius 2 is 1.50 bits per heavy atom. The van der Waals surface area contributed by atoms with Crippen molar-refractivity contribution in [3.05, 3.63) is 59.7 Å². The molecule has 0 unspecified atom stereocenters. The molecule has 2 aromatic rings. The molecule has 0 heterocycles. The summed E-state index contributed by atoms with van der Waals surface area (Å²) in [7, 11) is 0. The average Bonchev–Trinajstić information content (AvgIpc) is 2.59. The summed E-state index contributed by atoms with van der Waals surface area (Å²) in [6.07, 6.45) is 1.63. The van der Waals surface area contributed by atoms with Crippen molar-refractivity contribution >= 4 is 23.5 Å². The molecule has 0 saturated carbocycles. The number of nitrogens with zero attached hydrogens (tertiary/aromatic N) is 1. The van der Waals surface area contributed by atoms with E-state index in [1.54, 1.807) is 6.21 Å². The van der Waals surface area contributed by atoms with Crippen LogP contribution in [0.2, 0.25) is 0 Å². The minimum Gasteiger partial charge on any atom is -0.490 e. The Bertz CT molecular complexity index is 735. The van der Waals surface area contributed by atoms with Crippen molar-refractivity contribution in [2.45, 2.75) is 26.2 Å². The Labute approximate surface area is 160 Å². The van der Waals surface area contributed by atoms with E-state index in [0.29, 0.717) is 13.2 Å². The summed E-state index contributed by atoms with van der Waals surface area (Å²) < 4.78 is 11.4. The molecule has 2 rings (SSSR count). The number of hydrogen-bond acceptors (Lipinski definition) is 4. The lowest BCUT2D eigenvalue weighted by atomic mass is 9.87. The van der Waals surface area contributed by atoms with E-state index in [1.165, 1.54) is 5.56 Å². The van der Waals surface area contributed by atoms with Gasteiger partial charge in [-0.1, -0.05) is 32.9 Å². The van der Waals surface area contributed by atoms with Gasteiger partial charge in [0.25, 0.3) is 0 Å². The summed E-state index contributed by atoms with van der Waals surface area (Å²) in [6, 6.07) is 15.7. The molecule has 5 nitrogen and oxygen atoms in total. The van der Waals surface area contributed by atoms with Gasteiger partial charge in [0.15, 0.2) is 5.11 Å². The first-order valence-corrected chi connectivity index (χ1v) is 8.80. The van der Waals surface area contributed by atoms with Crippen LogP contribution in [0.5, 0.6) is 11.5 Å². The first-order chi connectivity index (χ1) is 12.3. The third-order valence-electron chi connectivity index (χ3n) is 3.61. The van der Waals surface area contributed by atoms with Crippen molar-refractivity contribution in [3.63, 3.8) is 0 Å². The minimum atomic E-state index is 0.134. The Morgan fingerprint density at radius 1 is 1.00 bits per heavy atom. The second kappa shape index (κ2) is 9.20. The average molecular weight is 372 g/mol. The van der Waals surface area contributed by atoms with Crippen LogP contribution >= 0.6 is 12.2 Å². The zero-order valence-electron chi connectivity index (χ0n) is 15.4. The lowest BCUT2D eigenvalue weighted by Gasteiger charge is -2.19. The van der Waals surface area contributed by atoms with Crippen molar-refractivity contribution in [2.75, 3.05) is 13.2 Å². The monoisotopic (exact) mass is 371 g/mol. The van der Waals surface area contributed by atoms with Crippen LogP contribution in [0.3, 0.4) is 0 Å². The van der Waals surface area contributed by atoms with Gasteiger partial charge in [-0.05, 0) is 65.2 Å². The summed E-state index contributed by atoms with van der Waals surface area (Å²) in [4.78, 5) is 0. The Balaban J connectivity index is 1.74. The van der Waals surface area contributed by atoms with Crippen LogP contribution in [0.15, 0.2) is 53.6 Å². The fourth-order valence-electron chi connectivity index (χ4n) is 2.19. The van der Waals surface area contributed by atoms with E-state index in [9.17, 15) is 0 Å². The quantitative estimate of drug-likeness (QED) is 0.337. The summed E-state index contributed by atoms with van der Waals surface area (Å²) in [5.41, 5.74) is 10.1. The van der Waals surface area contributed by atoms with Crippen molar-refractivity contribution < 1.29 is 9.47 Å². The third-order valence-corrected chi connectivity index (χ3v) is 3.70. The van der Waals surface area contributed by atoms with Gasteiger partial charge in [0.05, 0.1) is 6.21 Å². The molecule has 0 bridgehead atoms. The Morgan fingerprint density at radius 3 is 1.96 bits per heavy atom. The van der Waals surface area contributed by atoms with Crippen LogP contribution in [0.25, 0.3) is 0 Å². The normalized spacial score (nSPS) is 11.3. The summed E-state index contributed by atoms with van der Waals surface area (Å²) in [5.74, 6) is 1.62. The predicted molar refractivity (Wildman–Crippen MR) is 110 cm³/mol. The first kappa shape index (κ1) is 19.7. The Kier molecular flexibility index (Phi) is 6.97. The zero-order valence-corrected chi connectivity index (χ0v) is 16.2. The van der Waals surface area contributed by atoms with Crippen LogP contribution in [0.4, 0.5) is 0 Å². The lowest BCUT2D eigenvalue weighted by molar-refractivity contribution is 0.217. The third kappa shape index (κ3) is 6.72. The second-order valence-corrected chi connectivity index (χ2v) is 7.21. The Hall–Kier alpha value is -2.60. The summed E-state index contributed by atoms with van der Waals surface area (Å²) in [5, 5.41) is 4.03. The number of nitrogens with two attached hydrogens (primary N) is 1. The molecule has 0 fully saturated rings. The fourth-order valence-corrected chi connectivity index (χ4v) is 2.24. The van der Waals surface area contributed by atoms with Crippen LogP contribution in [0.1, 0.15) is 31.9 Å². The van der Waals surface area contributed by atoms with Crippen molar-refractivity contribution in [1.82, 2.24) is 5.43 Å². The van der Waals surface area contributed by atoms with Gasteiger partial charge in [-0.3, -0.25) is 5.43 Å². The van der Waals surface area contributed by atoms with Gasteiger partial charge >= 0.3 is 0 Å². The van der Waals surface area contributed by atoms with Gasteiger partial charge in [-0.25, -0.2) is 0 Å². The SMILES string of the molecule is CC(C)(C)c1ccc(OCCOc2ccc(C=NNC(N)=S)cc2)cc1. The van der Waals surface area contributed by atoms with Gasteiger partial charge in [0.1, 0.15) is 24.7 Å². The number of ether oxygens (including phenoxy) is 2. The molecule has 0 aromatic heterocycles.